The molecule has 0 spiro atoms. The van der Waals surface area contributed by atoms with Gasteiger partial charge < -0.3 is 4.90 Å². The zero-order chi connectivity index (χ0) is 8.53. The Kier molecular flexibility index (Phi) is 5.22. The van der Waals surface area contributed by atoms with Crippen molar-refractivity contribution in [2.45, 2.75) is 0 Å². The second kappa shape index (κ2) is 6.27. The van der Waals surface area contributed by atoms with E-state index in [1.807, 2.05) is 6.07 Å². The van der Waals surface area contributed by atoms with Gasteiger partial charge in [0.15, 0.2) is 0 Å². The fourth-order valence-electron chi connectivity index (χ4n) is 0.535. The van der Waals surface area contributed by atoms with Crippen LogP contribution >= 0.6 is 0 Å². The molecule has 0 unspecified atom stereocenters. The van der Waals surface area contributed by atoms with Crippen LogP contribution in [-0.4, -0.2) is 18.0 Å². The van der Waals surface area contributed by atoms with Crippen LogP contribution in [0.1, 0.15) is 0 Å². The van der Waals surface area contributed by atoms with E-state index in [-0.39, 0.29) is 0 Å². The van der Waals surface area contributed by atoms with Crippen LogP contribution in [0.3, 0.4) is 0 Å². The molecule has 0 fully saturated rings. The zero-order valence-corrected chi connectivity index (χ0v) is 6.12. The molecule has 0 aliphatic heterocycles. The average molecular weight is 144 g/mol. The molecule has 0 atom stereocenters. The van der Waals surface area contributed by atoms with Crippen molar-refractivity contribution in [2.75, 3.05) is 13.1 Å². The molecule has 0 heterocycles. The van der Waals surface area contributed by atoms with Crippen molar-refractivity contribution in [1.29, 1.82) is 5.26 Å². The first-order valence-electron chi connectivity index (χ1n) is 3.02. The lowest BCUT2D eigenvalue weighted by Gasteiger charge is -2.11. The van der Waals surface area contributed by atoms with E-state index in [0.717, 1.165) is 0 Å². The van der Waals surface area contributed by atoms with Gasteiger partial charge in [-0.15, -0.1) is 12.8 Å². The molecule has 0 aliphatic rings. The highest BCUT2D eigenvalue weighted by Crippen LogP contribution is 1.86. The summed E-state index contributed by atoms with van der Waals surface area (Å²) in [5.74, 6) is 4.86. The number of allylic oxidation sites excluding steroid dienone is 1. The summed E-state index contributed by atoms with van der Waals surface area (Å²) >= 11 is 0. The molecule has 0 saturated carbocycles. The molecular weight excluding hydrogens is 136 g/mol. The first-order valence-corrected chi connectivity index (χ1v) is 3.02. The Bertz CT molecular complexity index is 228. The van der Waals surface area contributed by atoms with Crippen molar-refractivity contribution < 1.29 is 0 Å². The first kappa shape index (κ1) is 9.15. The maximum absolute atomic E-state index is 8.18. The molecule has 2 nitrogen and oxygen atoms in total. The van der Waals surface area contributed by atoms with Crippen molar-refractivity contribution in [1.82, 2.24) is 4.90 Å². The van der Waals surface area contributed by atoms with E-state index >= 15 is 0 Å². The standard InChI is InChI=1S/C9H8N2/c1-3-7-11(8-4-2)9-5-6-10/h1-2,5,9H,7-8H2. The first-order chi connectivity index (χ1) is 5.35. The third kappa shape index (κ3) is 4.64. The van der Waals surface area contributed by atoms with Crippen molar-refractivity contribution >= 4 is 0 Å². The van der Waals surface area contributed by atoms with Gasteiger partial charge >= 0.3 is 0 Å². The average Bonchev–Trinajstić information content (AvgIpc) is 2.01. The van der Waals surface area contributed by atoms with E-state index in [1.165, 1.54) is 6.08 Å². The van der Waals surface area contributed by atoms with Gasteiger partial charge in [0, 0.05) is 12.3 Å². The summed E-state index contributed by atoms with van der Waals surface area (Å²) in [5, 5.41) is 8.18. The maximum atomic E-state index is 8.18. The zero-order valence-electron chi connectivity index (χ0n) is 6.12. The molecular formula is C9H8N2. The number of terminal acetylenes is 2. The molecule has 2 heteroatoms. The van der Waals surface area contributed by atoms with Crippen LogP contribution in [-0.2, 0) is 0 Å². The Morgan fingerprint density at radius 1 is 1.27 bits per heavy atom. The highest BCUT2D eigenvalue weighted by molar-refractivity contribution is 5.05. The highest BCUT2D eigenvalue weighted by Gasteiger charge is 1.90. The van der Waals surface area contributed by atoms with Crippen molar-refractivity contribution in [2.24, 2.45) is 0 Å². The Balaban J connectivity index is 3.95. The van der Waals surface area contributed by atoms with Crippen LogP contribution in [0.2, 0.25) is 0 Å². The number of hydrogen-bond acceptors (Lipinski definition) is 2. The van der Waals surface area contributed by atoms with Gasteiger partial charge in [-0.05, 0) is 0 Å². The van der Waals surface area contributed by atoms with Crippen molar-refractivity contribution in [3.05, 3.63) is 12.3 Å². The molecule has 0 bridgehead atoms. The van der Waals surface area contributed by atoms with Gasteiger partial charge in [-0.25, -0.2) is 0 Å². The van der Waals surface area contributed by atoms with Gasteiger partial charge in [0.1, 0.15) is 0 Å². The lowest BCUT2D eigenvalue weighted by atomic mass is 10.5. The van der Waals surface area contributed by atoms with Crippen LogP contribution < -0.4 is 0 Å². The molecule has 0 aliphatic carbocycles. The summed E-state index contributed by atoms with van der Waals surface area (Å²) in [5.41, 5.74) is 0. The van der Waals surface area contributed by atoms with Gasteiger partial charge in [-0.1, -0.05) is 11.8 Å². The van der Waals surface area contributed by atoms with E-state index in [1.54, 1.807) is 11.1 Å². The molecule has 0 aromatic heterocycles. The number of nitrogens with zero attached hydrogens (tertiary/aromatic N) is 2. The second-order valence-corrected chi connectivity index (χ2v) is 1.76. The monoisotopic (exact) mass is 144 g/mol. The Morgan fingerprint density at radius 3 is 2.18 bits per heavy atom. The lowest BCUT2D eigenvalue weighted by molar-refractivity contribution is 0.477. The Labute approximate surface area is 67.1 Å². The SMILES string of the molecule is C#CCN(C=CC#N)CC#C. The molecule has 0 saturated heterocycles. The van der Waals surface area contributed by atoms with E-state index in [2.05, 4.69) is 11.8 Å². The highest BCUT2D eigenvalue weighted by atomic mass is 15.1. The minimum absolute atomic E-state index is 0.433. The topological polar surface area (TPSA) is 27.0 Å². The molecule has 0 aromatic rings. The van der Waals surface area contributed by atoms with E-state index in [4.69, 9.17) is 18.1 Å². The molecule has 0 N–H and O–H groups in total. The third-order valence-corrected chi connectivity index (χ3v) is 0.949. The summed E-state index contributed by atoms with van der Waals surface area (Å²) < 4.78 is 0. The number of hydrogen-bond donors (Lipinski definition) is 0. The summed E-state index contributed by atoms with van der Waals surface area (Å²) in [6.07, 6.45) is 13.0. The second-order valence-electron chi connectivity index (χ2n) is 1.76. The Morgan fingerprint density at radius 2 is 1.82 bits per heavy atom. The minimum Gasteiger partial charge on any atom is -0.355 e. The summed E-state index contributed by atoms with van der Waals surface area (Å²) in [6, 6.07) is 1.86. The summed E-state index contributed by atoms with van der Waals surface area (Å²) in [6.45, 7) is 0.866. The van der Waals surface area contributed by atoms with Crippen molar-refractivity contribution in [3.8, 4) is 30.8 Å². The van der Waals surface area contributed by atoms with Crippen LogP contribution in [0.4, 0.5) is 0 Å². The maximum Gasteiger partial charge on any atom is 0.0927 e. The lowest BCUT2D eigenvalue weighted by Crippen LogP contribution is -2.17. The Hall–Kier alpha value is -1.85. The van der Waals surface area contributed by atoms with Crippen LogP contribution in [0.25, 0.3) is 0 Å². The van der Waals surface area contributed by atoms with Crippen LogP contribution in [0, 0.1) is 36.0 Å². The predicted molar refractivity (Wildman–Crippen MR) is 44.0 cm³/mol. The minimum atomic E-state index is 0.433. The van der Waals surface area contributed by atoms with Crippen molar-refractivity contribution in [3.63, 3.8) is 0 Å². The largest absolute Gasteiger partial charge is 0.355 e. The predicted octanol–water partition coefficient (Wildman–Crippen LogP) is 0.592. The third-order valence-electron chi connectivity index (χ3n) is 0.949. The normalized spacial score (nSPS) is 8.09. The quantitative estimate of drug-likeness (QED) is 0.428. The molecule has 0 aromatic carbocycles. The van der Waals surface area contributed by atoms with Gasteiger partial charge in [0.2, 0.25) is 0 Å². The smallest absolute Gasteiger partial charge is 0.0927 e. The van der Waals surface area contributed by atoms with E-state index in [0.29, 0.717) is 13.1 Å². The van der Waals surface area contributed by atoms with Gasteiger partial charge in [0.05, 0.1) is 19.2 Å². The molecule has 0 amide bonds. The van der Waals surface area contributed by atoms with Crippen LogP contribution in [0.15, 0.2) is 12.3 Å². The van der Waals surface area contributed by atoms with Gasteiger partial charge in [-0.3, -0.25) is 0 Å². The number of nitriles is 1. The number of rotatable bonds is 3. The summed E-state index contributed by atoms with van der Waals surface area (Å²) in [4.78, 5) is 1.70. The van der Waals surface area contributed by atoms with Gasteiger partial charge in [-0.2, -0.15) is 5.26 Å². The fraction of sp³-hybridized carbons (Fsp3) is 0.222. The summed E-state index contributed by atoms with van der Waals surface area (Å²) in [7, 11) is 0. The molecule has 0 radical (unpaired) electrons. The van der Waals surface area contributed by atoms with E-state index < -0.39 is 0 Å². The van der Waals surface area contributed by atoms with E-state index in [9.17, 15) is 0 Å². The fourth-order valence-corrected chi connectivity index (χ4v) is 0.535. The van der Waals surface area contributed by atoms with Crippen LogP contribution in [0.5, 0.6) is 0 Å². The molecule has 0 rings (SSSR count). The van der Waals surface area contributed by atoms with Gasteiger partial charge in [0.25, 0.3) is 0 Å². The molecule has 11 heavy (non-hydrogen) atoms. The molecule has 54 valence electrons.